The molecule has 0 radical (unpaired) electrons. The van der Waals surface area contributed by atoms with Crippen LogP contribution in [0.15, 0.2) is 34.8 Å². The summed E-state index contributed by atoms with van der Waals surface area (Å²) in [6.07, 6.45) is 0. The van der Waals surface area contributed by atoms with Crippen LogP contribution >= 0.6 is 15.9 Å². The zero-order valence-corrected chi connectivity index (χ0v) is 14.0. The summed E-state index contributed by atoms with van der Waals surface area (Å²) in [6.45, 7) is 7.18. The third-order valence-electron chi connectivity index (χ3n) is 3.57. The summed E-state index contributed by atoms with van der Waals surface area (Å²) in [5.41, 5.74) is 6.19. The van der Waals surface area contributed by atoms with E-state index in [-0.39, 0.29) is 0 Å². The standard InChI is InChI=1S/C17H20BrNO/c1-11-6-5-7-12(2)15(11)10-19-17-13(3)8-14(18)9-16(17)20-4/h5-9,19H,10H2,1-4H3. The molecule has 3 heteroatoms. The molecule has 2 nitrogen and oxygen atoms in total. The number of ether oxygens (including phenoxy) is 1. The fourth-order valence-electron chi connectivity index (χ4n) is 2.40. The van der Waals surface area contributed by atoms with Crippen molar-refractivity contribution < 1.29 is 4.74 Å². The van der Waals surface area contributed by atoms with Crippen LogP contribution in [0.5, 0.6) is 5.75 Å². The van der Waals surface area contributed by atoms with Crippen LogP contribution in [0.3, 0.4) is 0 Å². The molecule has 2 aromatic rings. The number of methoxy groups -OCH3 is 1. The summed E-state index contributed by atoms with van der Waals surface area (Å²) in [6, 6.07) is 10.5. The normalized spacial score (nSPS) is 10.4. The van der Waals surface area contributed by atoms with Gasteiger partial charge in [-0.15, -0.1) is 0 Å². The molecule has 0 fully saturated rings. The van der Waals surface area contributed by atoms with Crippen molar-refractivity contribution >= 4 is 21.6 Å². The van der Waals surface area contributed by atoms with Crippen LogP contribution in [0.2, 0.25) is 0 Å². The van der Waals surface area contributed by atoms with Gasteiger partial charge in [-0.1, -0.05) is 34.1 Å². The smallest absolute Gasteiger partial charge is 0.143 e. The van der Waals surface area contributed by atoms with Gasteiger partial charge in [0.05, 0.1) is 12.8 Å². The molecule has 106 valence electrons. The minimum Gasteiger partial charge on any atom is -0.495 e. The highest BCUT2D eigenvalue weighted by molar-refractivity contribution is 9.10. The molecule has 0 amide bonds. The Bertz CT molecular complexity index is 602. The molecule has 0 aliphatic rings. The molecule has 0 saturated heterocycles. The van der Waals surface area contributed by atoms with Gasteiger partial charge in [-0.05, 0) is 55.2 Å². The summed E-state index contributed by atoms with van der Waals surface area (Å²) in [4.78, 5) is 0. The Balaban J connectivity index is 2.27. The van der Waals surface area contributed by atoms with Crippen molar-refractivity contribution in [2.24, 2.45) is 0 Å². The maximum absolute atomic E-state index is 5.46. The second-order valence-electron chi connectivity index (χ2n) is 5.02. The minimum atomic E-state index is 0.803. The van der Waals surface area contributed by atoms with Gasteiger partial charge in [-0.25, -0.2) is 0 Å². The maximum atomic E-state index is 5.46. The Morgan fingerprint density at radius 3 is 2.30 bits per heavy atom. The summed E-state index contributed by atoms with van der Waals surface area (Å²) in [7, 11) is 1.70. The maximum Gasteiger partial charge on any atom is 0.143 e. The highest BCUT2D eigenvalue weighted by atomic mass is 79.9. The first-order valence-corrected chi connectivity index (χ1v) is 7.45. The molecule has 0 spiro atoms. The van der Waals surface area contributed by atoms with Gasteiger partial charge in [-0.3, -0.25) is 0 Å². The summed E-state index contributed by atoms with van der Waals surface area (Å²) < 4.78 is 6.50. The van der Waals surface area contributed by atoms with Crippen molar-refractivity contribution in [2.75, 3.05) is 12.4 Å². The first-order chi connectivity index (χ1) is 9.52. The van der Waals surface area contributed by atoms with E-state index in [0.717, 1.165) is 22.5 Å². The van der Waals surface area contributed by atoms with E-state index in [1.807, 2.05) is 6.07 Å². The summed E-state index contributed by atoms with van der Waals surface area (Å²) in [5, 5.41) is 3.51. The highest BCUT2D eigenvalue weighted by Crippen LogP contribution is 2.32. The molecule has 0 aliphatic carbocycles. The van der Waals surface area contributed by atoms with E-state index in [1.165, 1.54) is 22.3 Å². The van der Waals surface area contributed by atoms with Crippen LogP contribution in [-0.2, 0) is 6.54 Å². The molecule has 0 unspecified atom stereocenters. The van der Waals surface area contributed by atoms with E-state index < -0.39 is 0 Å². The average Bonchev–Trinajstić information content (AvgIpc) is 2.39. The third kappa shape index (κ3) is 3.15. The highest BCUT2D eigenvalue weighted by Gasteiger charge is 2.09. The zero-order valence-electron chi connectivity index (χ0n) is 12.4. The van der Waals surface area contributed by atoms with Gasteiger partial charge in [0.2, 0.25) is 0 Å². The van der Waals surface area contributed by atoms with E-state index in [0.29, 0.717) is 0 Å². The van der Waals surface area contributed by atoms with Gasteiger partial charge in [0.15, 0.2) is 0 Å². The van der Waals surface area contributed by atoms with Gasteiger partial charge in [0, 0.05) is 11.0 Å². The third-order valence-corrected chi connectivity index (χ3v) is 4.03. The topological polar surface area (TPSA) is 21.3 Å². The molecular formula is C17H20BrNO. The van der Waals surface area contributed by atoms with E-state index in [9.17, 15) is 0 Å². The second-order valence-corrected chi connectivity index (χ2v) is 5.94. The van der Waals surface area contributed by atoms with Crippen molar-refractivity contribution in [2.45, 2.75) is 27.3 Å². The first kappa shape index (κ1) is 14.9. The van der Waals surface area contributed by atoms with Gasteiger partial charge in [0.1, 0.15) is 5.75 Å². The molecule has 0 saturated carbocycles. The lowest BCUT2D eigenvalue weighted by molar-refractivity contribution is 0.416. The lowest BCUT2D eigenvalue weighted by Crippen LogP contribution is -2.06. The summed E-state index contributed by atoms with van der Waals surface area (Å²) in [5.74, 6) is 0.864. The molecule has 0 aliphatic heterocycles. The molecule has 2 aromatic carbocycles. The lowest BCUT2D eigenvalue weighted by Gasteiger charge is -2.16. The van der Waals surface area contributed by atoms with Crippen molar-refractivity contribution in [1.82, 2.24) is 0 Å². The molecule has 2 rings (SSSR count). The van der Waals surface area contributed by atoms with Crippen LogP contribution in [0, 0.1) is 20.8 Å². The molecule has 1 N–H and O–H groups in total. The van der Waals surface area contributed by atoms with Gasteiger partial charge >= 0.3 is 0 Å². The van der Waals surface area contributed by atoms with Crippen molar-refractivity contribution in [1.29, 1.82) is 0 Å². The van der Waals surface area contributed by atoms with Crippen molar-refractivity contribution in [3.63, 3.8) is 0 Å². The zero-order chi connectivity index (χ0) is 14.7. The van der Waals surface area contributed by atoms with E-state index in [2.05, 4.69) is 66.3 Å². The van der Waals surface area contributed by atoms with Crippen LogP contribution in [0.1, 0.15) is 22.3 Å². The predicted molar refractivity (Wildman–Crippen MR) is 88.7 cm³/mol. The number of nitrogens with one attached hydrogen (secondary N) is 1. The van der Waals surface area contributed by atoms with E-state index >= 15 is 0 Å². The van der Waals surface area contributed by atoms with Crippen LogP contribution in [-0.4, -0.2) is 7.11 Å². The first-order valence-electron chi connectivity index (χ1n) is 6.66. The Hall–Kier alpha value is -1.48. The molecule has 0 heterocycles. The quantitative estimate of drug-likeness (QED) is 0.850. The number of halogens is 1. The van der Waals surface area contributed by atoms with Gasteiger partial charge < -0.3 is 10.1 Å². The number of rotatable bonds is 4. The number of anilines is 1. The van der Waals surface area contributed by atoms with E-state index in [4.69, 9.17) is 4.74 Å². The number of benzene rings is 2. The lowest BCUT2D eigenvalue weighted by atomic mass is 10.0. The fraction of sp³-hybridized carbons (Fsp3) is 0.294. The molecule has 0 atom stereocenters. The molecular weight excluding hydrogens is 314 g/mol. The van der Waals surface area contributed by atoms with Crippen molar-refractivity contribution in [3.8, 4) is 5.75 Å². The number of aryl methyl sites for hydroxylation is 3. The van der Waals surface area contributed by atoms with Crippen LogP contribution in [0.25, 0.3) is 0 Å². The molecule has 0 aromatic heterocycles. The largest absolute Gasteiger partial charge is 0.495 e. The van der Waals surface area contributed by atoms with Crippen LogP contribution in [0.4, 0.5) is 5.69 Å². The SMILES string of the molecule is COc1cc(Br)cc(C)c1NCc1c(C)cccc1C. The van der Waals surface area contributed by atoms with Gasteiger partial charge in [-0.2, -0.15) is 0 Å². The Morgan fingerprint density at radius 1 is 1.05 bits per heavy atom. The van der Waals surface area contributed by atoms with Crippen molar-refractivity contribution in [3.05, 3.63) is 57.1 Å². The van der Waals surface area contributed by atoms with Crippen LogP contribution < -0.4 is 10.1 Å². The number of hydrogen-bond donors (Lipinski definition) is 1. The Kier molecular flexibility index (Phi) is 4.71. The molecule has 0 bridgehead atoms. The average molecular weight is 334 g/mol. The minimum absolute atomic E-state index is 0.803. The van der Waals surface area contributed by atoms with E-state index in [1.54, 1.807) is 7.11 Å². The van der Waals surface area contributed by atoms with Gasteiger partial charge in [0.25, 0.3) is 0 Å². The molecule has 20 heavy (non-hydrogen) atoms. The monoisotopic (exact) mass is 333 g/mol. The number of hydrogen-bond acceptors (Lipinski definition) is 2. The fourth-order valence-corrected chi connectivity index (χ4v) is 2.96. The Labute approximate surface area is 129 Å². The second kappa shape index (κ2) is 6.31. The Morgan fingerprint density at radius 2 is 1.70 bits per heavy atom. The predicted octanol–water partition coefficient (Wildman–Crippen LogP) is 5.00. The summed E-state index contributed by atoms with van der Waals surface area (Å²) >= 11 is 3.50.